The van der Waals surface area contributed by atoms with Gasteiger partial charge in [-0.3, -0.25) is 4.79 Å². The molecule has 6 heteroatoms. The van der Waals surface area contributed by atoms with Crippen LogP contribution in [0.5, 0.6) is 0 Å². The van der Waals surface area contributed by atoms with Gasteiger partial charge in [-0.1, -0.05) is 0 Å². The summed E-state index contributed by atoms with van der Waals surface area (Å²) in [7, 11) is 0. The largest absolute Gasteiger partial charge is 0.390 e. The fraction of sp³-hybridized carbons (Fsp3) is 0.750. The fourth-order valence-corrected chi connectivity index (χ4v) is 0.537. The van der Waals surface area contributed by atoms with Gasteiger partial charge in [0, 0.05) is 0 Å². The van der Waals surface area contributed by atoms with Crippen LogP contribution in [0.4, 0.5) is 8.78 Å². The van der Waals surface area contributed by atoms with Gasteiger partial charge in [0.2, 0.25) is 5.91 Å². The minimum atomic E-state index is -3.35. The van der Waals surface area contributed by atoms with E-state index in [9.17, 15) is 13.6 Å². The minimum absolute atomic E-state index is 0.784. The van der Waals surface area contributed by atoms with Crippen LogP contribution in [-0.4, -0.2) is 30.1 Å². The van der Waals surface area contributed by atoms with Crippen molar-refractivity contribution in [1.82, 2.24) is 5.32 Å². The Balaban J connectivity index is 4.19. The predicted octanol–water partition coefficient (Wildman–Crippen LogP) is 0.280. The number of rotatable bonds is 4. The van der Waals surface area contributed by atoms with Crippen molar-refractivity contribution in [1.29, 1.82) is 5.26 Å². The Kier molecular flexibility index (Phi) is 3.95. The van der Waals surface area contributed by atoms with Crippen molar-refractivity contribution < 1.29 is 18.7 Å². The van der Waals surface area contributed by atoms with Crippen LogP contribution in [-0.2, 0) is 4.79 Å². The van der Waals surface area contributed by atoms with Crippen molar-refractivity contribution in [2.75, 3.05) is 13.2 Å². The SMILES string of the molecule is CC(C)(C#N)C(=O)NCC(F)(F)CO. The summed E-state index contributed by atoms with van der Waals surface area (Å²) >= 11 is 0. The first kappa shape index (κ1) is 12.8. The molecule has 0 saturated carbocycles. The second-order valence-corrected chi connectivity index (χ2v) is 3.43. The monoisotopic (exact) mass is 206 g/mol. The molecule has 0 atom stereocenters. The van der Waals surface area contributed by atoms with Gasteiger partial charge in [0.15, 0.2) is 0 Å². The van der Waals surface area contributed by atoms with Crippen LogP contribution in [0.3, 0.4) is 0 Å². The molecule has 0 aromatic carbocycles. The molecule has 0 fully saturated rings. The number of nitrogens with one attached hydrogen (secondary N) is 1. The van der Waals surface area contributed by atoms with Crippen molar-refractivity contribution in [3.8, 4) is 6.07 Å². The van der Waals surface area contributed by atoms with Crippen LogP contribution >= 0.6 is 0 Å². The van der Waals surface area contributed by atoms with Gasteiger partial charge in [0.1, 0.15) is 12.0 Å². The van der Waals surface area contributed by atoms with E-state index >= 15 is 0 Å². The molecule has 1 amide bonds. The number of halogens is 2. The molecule has 0 aliphatic carbocycles. The van der Waals surface area contributed by atoms with Crippen molar-refractivity contribution in [2.45, 2.75) is 19.8 Å². The number of alkyl halides is 2. The number of aliphatic hydroxyl groups is 1. The molecule has 14 heavy (non-hydrogen) atoms. The van der Waals surface area contributed by atoms with E-state index in [1.807, 2.05) is 5.32 Å². The molecule has 80 valence electrons. The predicted molar refractivity (Wildman–Crippen MR) is 44.4 cm³/mol. The lowest BCUT2D eigenvalue weighted by Crippen LogP contribution is -2.43. The minimum Gasteiger partial charge on any atom is -0.390 e. The van der Waals surface area contributed by atoms with Crippen molar-refractivity contribution >= 4 is 5.91 Å². The number of carbonyl (C=O) groups excluding carboxylic acids is 1. The molecule has 0 bridgehead atoms. The number of carbonyl (C=O) groups is 1. The molecule has 0 radical (unpaired) electrons. The zero-order chi connectivity index (χ0) is 11.4. The van der Waals surface area contributed by atoms with Gasteiger partial charge in [-0.05, 0) is 13.8 Å². The summed E-state index contributed by atoms with van der Waals surface area (Å²) in [5, 5.41) is 18.6. The lowest BCUT2D eigenvalue weighted by Gasteiger charge is -2.18. The number of aliphatic hydroxyl groups excluding tert-OH is 1. The summed E-state index contributed by atoms with van der Waals surface area (Å²) in [6.45, 7) is 0.340. The van der Waals surface area contributed by atoms with Crippen molar-refractivity contribution in [2.24, 2.45) is 5.41 Å². The van der Waals surface area contributed by atoms with Gasteiger partial charge in [-0.15, -0.1) is 0 Å². The molecule has 0 aromatic rings. The van der Waals surface area contributed by atoms with Gasteiger partial charge in [0.05, 0.1) is 12.6 Å². The van der Waals surface area contributed by atoms with E-state index in [4.69, 9.17) is 10.4 Å². The van der Waals surface area contributed by atoms with Gasteiger partial charge >= 0.3 is 0 Å². The third kappa shape index (κ3) is 3.66. The lowest BCUT2D eigenvalue weighted by atomic mass is 9.95. The highest BCUT2D eigenvalue weighted by molar-refractivity contribution is 5.84. The number of hydrogen-bond donors (Lipinski definition) is 2. The molecule has 0 aromatic heterocycles. The van der Waals surface area contributed by atoms with Gasteiger partial charge in [-0.2, -0.15) is 5.26 Å². The highest BCUT2D eigenvalue weighted by Gasteiger charge is 2.32. The molecule has 0 spiro atoms. The van der Waals surface area contributed by atoms with Gasteiger partial charge < -0.3 is 10.4 Å². The van der Waals surface area contributed by atoms with Crippen LogP contribution in [0.15, 0.2) is 0 Å². The Morgan fingerprint density at radius 3 is 2.43 bits per heavy atom. The summed E-state index contributed by atoms with van der Waals surface area (Å²) in [5.74, 6) is -4.13. The Bertz CT molecular complexity index is 259. The highest BCUT2D eigenvalue weighted by Crippen LogP contribution is 2.15. The molecular formula is C8H12F2N2O2. The number of nitriles is 1. The Labute approximate surface area is 80.5 Å². The first-order chi connectivity index (χ1) is 6.25. The maximum absolute atomic E-state index is 12.5. The lowest BCUT2D eigenvalue weighted by molar-refractivity contribution is -0.129. The number of nitrogens with zero attached hydrogens (tertiary/aromatic N) is 1. The number of amides is 1. The summed E-state index contributed by atoms with van der Waals surface area (Å²) in [5.41, 5.74) is -1.34. The molecule has 2 N–H and O–H groups in total. The van der Waals surface area contributed by atoms with Crippen LogP contribution < -0.4 is 5.32 Å². The highest BCUT2D eigenvalue weighted by atomic mass is 19.3. The summed E-state index contributed by atoms with van der Waals surface area (Å²) in [6.07, 6.45) is 0. The molecule has 0 unspecified atom stereocenters. The van der Waals surface area contributed by atoms with E-state index in [2.05, 4.69) is 0 Å². The Morgan fingerprint density at radius 1 is 1.57 bits per heavy atom. The first-order valence-corrected chi connectivity index (χ1v) is 3.93. The molecule has 0 aliphatic rings. The molecule has 4 nitrogen and oxygen atoms in total. The third-order valence-corrected chi connectivity index (χ3v) is 1.59. The standard InChI is InChI=1S/C8H12F2N2O2/c1-7(2,3-11)6(14)12-4-8(9,10)5-13/h13H,4-5H2,1-2H3,(H,12,14). The van der Waals surface area contributed by atoms with Crippen molar-refractivity contribution in [3.63, 3.8) is 0 Å². The molecule has 0 heterocycles. The zero-order valence-corrected chi connectivity index (χ0v) is 7.97. The Morgan fingerprint density at radius 2 is 2.07 bits per heavy atom. The maximum Gasteiger partial charge on any atom is 0.287 e. The van der Waals surface area contributed by atoms with Crippen molar-refractivity contribution in [3.05, 3.63) is 0 Å². The summed E-state index contributed by atoms with van der Waals surface area (Å²) < 4.78 is 24.9. The van der Waals surface area contributed by atoms with Crippen LogP contribution in [0.25, 0.3) is 0 Å². The van der Waals surface area contributed by atoms with Crippen LogP contribution in [0.1, 0.15) is 13.8 Å². The quantitative estimate of drug-likeness (QED) is 0.693. The second-order valence-electron chi connectivity index (χ2n) is 3.43. The number of hydrogen-bond acceptors (Lipinski definition) is 3. The van der Waals surface area contributed by atoms with E-state index in [-0.39, 0.29) is 0 Å². The summed E-state index contributed by atoms with van der Waals surface area (Å²) in [4.78, 5) is 11.1. The average molecular weight is 206 g/mol. The molecule has 0 saturated heterocycles. The smallest absolute Gasteiger partial charge is 0.287 e. The van der Waals surface area contributed by atoms with E-state index in [0.717, 1.165) is 0 Å². The third-order valence-electron chi connectivity index (χ3n) is 1.59. The second kappa shape index (κ2) is 4.33. The van der Waals surface area contributed by atoms with Gasteiger partial charge in [-0.25, -0.2) is 8.78 Å². The van der Waals surface area contributed by atoms with Crippen LogP contribution in [0, 0.1) is 16.7 Å². The summed E-state index contributed by atoms with van der Waals surface area (Å²) in [6, 6.07) is 1.68. The van der Waals surface area contributed by atoms with E-state index < -0.39 is 30.4 Å². The van der Waals surface area contributed by atoms with Gasteiger partial charge in [0.25, 0.3) is 5.92 Å². The first-order valence-electron chi connectivity index (χ1n) is 3.93. The maximum atomic E-state index is 12.5. The van der Waals surface area contributed by atoms with Crippen LogP contribution in [0.2, 0.25) is 0 Å². The topological polar surface area (TPSA) is 73.1 Å². The average Bonchev–Trinajstić information content (AvgIpc) is 2.14. The zero-order valence-electron chi connectivity index (χ0n) is 7.97. The molecular weight excluding hydrogens is 194 g/mol. The van der Waals surface area contributed by atoms with E-state index in [1.54, 1.807) is 6.07 Å². The van der Waals surface area contributed by atoms with E-state index in [0.29, 0.717) is 0 Å². The van der Waals surface area contributed by atoms with E-state index in [1.165, 1.54) is 13.8 Å². The normalized spacial score (nSPS) is 12.0. The molecule has 0 rings (SSSR count). The fourth-order valence-electron chi connectivity index (χ4n) is 0.537. The Hall–Kier alpha value is -1.22. The molecule has 0 aliphatic heterocycles.